The van der Waals surface area contributed by atoms with Gasteiger partial charge in [-0.25, -0.2) is 0 Å². The lowest BCUT2D eigenvalue weighted by atomic mass is 9.90. The summed E-state index contributed by atoms with van der Waals surface area (Å²) in [4.78, 5) is 13.6. The molecule has 0 saturated heterocycles. The van der Waals surface area contributed by atoms with Crippen LogP contribution in [0.4, 0.5) is 0 Å². The molecule has 0 saturated carbocycles. The number of aliphatic carboxylic acids is 1. The van der Waals surface area contributed by atoms with Gasteiger partial charge in [0.25, 0.3) is 0 Å². The average Bonchev–Trinajstić information content (AvgIpc) is 3.37. The van der Waals surface area contributed by atoms with Crippen molar-refractivity contribution in [2.24, 2.45) is 0 Å². The van der Waals surface area contributed by atoms with Crippen molar-refractivity contribution < 1.29 is 19.1 Å². The molecule has 5 aromatic rings. The Morgan fingerprint density at radius 3 is 2.08 bits per heavy atom. The molecule has 5 nitrogen and oxygen atoms in total. The van der Waals surface area contributed by atoms with Crippen LogP contribution in [0.1, 0.15) is 33.9 Å². The van der Waals surface area contributed by atoms with Gasteiger partial charge >= 0.3 is 5.97 Å². The lowest BCUT2D eigenvalue weighted by Crippen LogP contribution is -2.31. The zero-order chi connectivity index (χ0) is 27.0. The molecule has 1 aromatic heterocycles. The van der Waals surface area contributed by atoms with E-state index < -0.39 is 5.97 Å². The Labute approximate surface area is 241 Å². The zero-order valence-electron chi connectivity index (χ0n) is 22.5. The van der Waals surface area contributed by atoms with Crippen LogP contribution < -0.4 is 4.74 Å². The lowest BCUT2D eigenvalue weighted by molar-refractivity contribution is -0.136. The highest BCUT2D eigenvalue weighted by Crippen LogP contribution is 2.27. The van der Waals surface area contributed by atoms with Gasteiger partial charge in [0.1, 0.15) is 17.1 Å². The predicted octanol–water partition coefficient (Wildman–Crippen LogP) is 7.37. The van der Waals surface area contributed by atoms with Gasteiger partial charge in [-0.3, -0.25) is 9.69 Å². The van der Waals surface area contributed by atoms with Gasteiger partial charge in [0.15, 0.2) is 0 Å². The van der Waals surface area contributed by atoms with E-state index in [1.807, 2.05) is 36.4 Å². The van der Waals surface area contributed by atoms with E-state index in [0.717, 1.165) is 54.1 Å². The van der Waals surface area contributed by atoms with Crippen molar-refractivity contribution >= 4 is 29.3 Å². The average molecular weight is 556 g/mol. The maximum Gasteiger partial charge on any atom is 0.307 e. The molecule has 6 heteroatoms. The summed E-state index contributed by atoms with van der Waals surface area (Å²) < 4.78 is 11.5. The Hall–Kier alpha value is -4.06. The first-order valence-corrected chi connectivity index (χ1v) is 13.3. The molecule has 0 fully saturated rings. The molecule has 0 bridgehead atoms. The van der Waals surface area contributed by atoms with E-state index in [-0.39, 0.29) is 24.7 Å². The number of hydrogen-bond acceptors (Lipinski definition) is 4. The molecular weight excluding hydrogens is 522 g/mol. The van der Waals surface area contributed by atoms with Gasteiger partial charge in [-0.05, 0) is 52.6 Å². The molecular formula is C34H34ClNO4. The largest absolute Gasteiger partial charge is 0.497 e. The van der Waals surface area contributed by atoms with Gasteiger partial charge in [0.05, 0.1) is 13.5 Å². The molecule has 5 rings (SSSR count). The van der Waals surface area contributed by atoms with E-state index in [0.29, 0.717) is 0 Å². The summed E-state index contributed by atoms with van der Waals surface area (Å²) in [7, 11) is 1.68. The summed E-state index contributed by atoms with van der Waals surface area (Å²) in [6, 6.07) is 37.3. The highest BCUT2D eigenvalue weighted by atomic mass is 35.5. The van der Waals surface area contributed by atoms with Gasteiger partial charge in [-0.1, -0.05) is 78.9 Å². The summed E-state index contributed by atoms with van der Waals surface area (Å²) in [6.45, 7) is 2.45. The molecule has 0 amide bonds. The third kappa shape index (κ3) is 7.53. The maximum atomic E-state index is 11.1. The summed E-state index contributed by atoms with van der Waals surface area (Å²) in [5.41, 5.74) is 5.36. The molecule has 1 heterocycles. The van der Waals surface area contributed by atoms with Crippen LogP contribution in [0.25, 0.3) is 11.0 Å². The van der Waals surface area contributed by atoms with E-state index >= 15 is 0 Å². The molecule has 40 heavy (non-hydrogen) atoms. The van der Waals surface area contributed by atoms with E-state index in [9.17, 15) is 4.79 Å². The summed E-state index contributed by atoms with van der Waals surface area (Å²) in [5, 5.41) is 10.1. The molecule has 0 spiro atoms. The Bertz CT molecular complexity index is 1460. The smallest absolute Gasteiger partial charge is 0.307 e. The van der Waals surface area contributed by atoms with E-state index in [4.69, 9.17) is 14.3 Å². The van der Waals surface area contributed by atoms with Crippen molar-refractivity contribution in [3.8, 4) is 5.75 Å². The molecule has 1 N–H and O–H groups in total. The monoisotopic (exact) mass is 555 g/mol. The number of ether oxygens (including phenoxy) is 1. The second-order valence-corrected chi connectivity index (χ2v) is 9.86. The number of carbonyl (C=O) groups is 1. The van der Waals surface area contributed by atoms with Crippen LogP contribution in [0, 0.1) is 0 Å². The number of carboxylic acid groups (broad SMARTS) is 1. The quantitative estimate of drug-likeness (QED) is 0.174. The topological polar surface area (TPSA) is 62.9 Å². The fourth-order valence-corrected chi connectivity index (χ4v) is 5.08. The summed E-state index contributed by atoms with van der Waals surface area (Å²) >= 11 is 0. The van der Waals surface area contributed by atoms with Crippen LogP contribution in [0.15, 0.2) is 114 Å². The minimum atomic E-state index is -0.835. The van der Waals surface area contributed by atoms with Crippen molar-refractivity contribution in [3.63, 3.8) is 0 Å². The zero-order valence-corrected chi connectivity index (χ0v) is 23.3. The predicted molar refractivity (Wildman–Crippen MR) is 162 cm³/mol. The standard InChI is InChI=1S/C34H33NO4.ClH/c1-38-30-15-12-25(13-16-30)23-35(24-32(27-8-4-2-5-9-27)28-10-6-3-7-11-28)19-18-31-22-29-20-26(21-34(36)37)14-17-33(29)39-31;/h2-17,20,22,32H,18-19,21,23-24H2,1H3,(H,36,37);1H. The Kier molecular flexibility index (Phi) is 10.0. The third-order valence-corrected chi connectivity index (χ3v) is 7.07. The minimum Gasteiger partial charge on any atom is -0.497 e. The number of furan rings is 1. The van der Waals surface area contributed by atoms with Gasteiger partial charge in [0, 0.05) is 37.4 Å². The first-order chi connectivity index (χ1) is 19.1. The van der Waals surface area contributed by atoms with Crippen LogP contribution in [-0.4, -0.2) is 36.2 Å². The van der Waals surface area contributed by atoms with E-state index in [1.165, 1.54) is 16.7 Å². The Morgan fingerprint density at radius 1 is 0.850 bits per heavy atom. The van der Waals surface area contributed by atoms with Gasteiger partial charge < -0.3 is 14.3 Å². The number of rotatable bonds is 12. The summed E-state index contributed by atoms with van der Waals surface area (Å²) in [6.07, 6.45) is 0.752. The Balaban J connectivity index is 0.00000370. The SMILES string of the molecule is COc1ccc(CN(CCc2cc3cc(CC(=O)O)ccc3o2)CC(c2ccccc2)c2ccccc2)cc1.Cl. The third-order valence-electron chi connectivity index (χ3n) is 7.07. The maximum absolute atomic E-state index is 11.1. The number of fused-ring (bicyclic) bond motifs is 1. The molecule has 4 aromatic carbocycles. The minimum absolute atomic E-state index is 0. The second-order valence-electron chi connectivity index (χ2n) is 9.86. The van der Waals surface area contributed by atoms with Crippen molar-refractivity contribution in [2.45, 2.75) is 25.3 Å². The normalized spacial score (nSPS) is 11.1. The van der Waals surface area contributed by atoms with Crippen LogP contribution in [0.2, 0.25) is 0 Å². The fraction of sp³-hybridized carbons (Fsp3) is 0.206. The number of carboxylic acids is 1. The molecule has 0 atom stereocenters. The Morgan fingerprint density at radius 2 is 1.48 bits per heavy atom. The van der Waals surface area contributed by atoms with Crippen molar-refractivity contribution in [3.05, 3.63) is 137 Å². The van der Waals surface area contributed by atoms with Crippen LogP contribution in [0.5, 0.6) is 5.75 Å². The molecule has 0 aliphatic heterocycles. The number of benzene rings is 4. The first kappa shape index (κ1) is 28.9. The number of hydrogen-bond donors (Lipinski definition) is 1. The van der Waals surface area contributed by atoms with Gasteiger partial charge in [-0.15, -0.1) is 12.4 Å². The molecule has 0 radical (unpaired) electrons. The van der Waals surface area contributed by atoms with Crippen LogP contribution in [-0.2, 0) is 24.2 Å². The molecule has 0 aliphatic carbocycles. The van der Waals surface area contributed by atoms with Crippen molar-refractivity contribution in [1.82, 2.24) is 4.90 Å². The number of halogens is 1. The van der Waals surface area contributed by atoms with Crippen molar-refractivity contribution in [1.29, 1.82) is 0 Å². The van der Waals surface area contributed by atoms with E-state index in [2.05, 4.69) is 77.7 Å². The lowest BCUT2D eigenvalue weighted by Gasteiger charge is -2.28. The highest BCUT2D eigenvalue weighted by molar-refractivity contribution is 5.85. The van der Waals surface area contributed by atoms with Gasteiger partial charge in [-0.2, -0.15) is 0 Å². The highest BCUT2D eigenvalue weighted by Gasteiger charge is 2.19. The van der Waals surface area contributed by atoms with Crippen LogP contribution >= 0.6 is 12.4 Å². The second kappa shape index (κ2) is 13.8. The number of methoxy groups -OCH3 is 1. The number of nitrogens with zero attached hydrogens (tertiary/aromatic N) is 1. The first-order valence-electron chi connectivity index (χ1n) is 13.3. The van der Waals surface area contributed by atoms with Crippen LogP contribution in [0.3, 0.4) is 0 Å². The molecule has 0 aliphatic rings. The molecule has 0 unspecified atom stereocenters. The van der Waals surface area contributed by atoms with Gasteiger partial charge in [0.2, 0.25) is 0 Å². The van der Waals surface area contributed by atoms with Crippen molar-refractivity contribution in [2.75, 3.05) is 20.2 Å². The summed E-state index contributed by atoms with van der Waals surface area (Å²) in [5.74, 6) is 1.13. The van der Waals surface area contributed by atoms with E-state index in [1.54, 1.807) is 7.11 Å². The molecule has 206 valence electrons. The fourth-order valence-electron chi connectivity index (χ4n) is 5.08.